The third-order valence-corrected chi connectivity index (χ3v) is 2.03. The molecule has 0 amide bonds. The standard InChI is InChI=1S/C6H8BrN3/c1-4-2-3-5(7)6(8)10(4)9/h2-3,8H,9H2,1H3/p+1. The van der Waals surface area contributed by atoms with Crippen molar-refractivity contribution in [1.82, 2.24) is 0 Å². The molecule has 4 heteroatoms. The van der Waals surface area contributed by atoms with Crippen LogP contribution < -0.4 is 16.3 Å². The van der Waals surface area contributed by atoms with Crippen molar-refractivity contribution in [3.63, 3.8) is 0 Å². The van der Waals surface area contributed by atoms with Crippen LogP contribution in [-0.4, -0.2) is 0 Å². The topological polar surface area (TPSA) is 55.9 Å². The van der Waals surface area contributed by atoms with E-state index < -0.39 is 0 Å². The molecule has 1 heterocycles. The second kappa shape index (κ2) is 2.46. The molecule has 0 bridgehead atoms. The molecule has 0 aliphatic heterocycles. The first-order chi connectivity index (χ1) is 4.63. The zero-order chi connectivity index (χ0) is 7.72. The maximum Gasteiger partial charge on any atom is 0.310 e. The fourth-order valence-electron chi connectivity index (χ4n) is 0.665. The summed E-state index contributed by atoms with van der Waals surface area (Å²) in [4.78, 5) is 0. The summed E-state index contributed by atoms with van der Waals surface area (Å²) in [7, 11) is 0. The number of hydrogen-bond acceptors (Lipinski definition) is 2. The first-order valence-electron chi connectivity index (χ1n) is 2.84. The van der Waals surface area contributed by atoms with E-state index >= 15 is 0 Å². The van der Waals surface area contributed by atoms with E-state index in [0.29, 0.717) is 5.82 Å². The van der Waals surface area contributed by atoms with Crippen molar-refractivity contribution >= 4 is 21.7 Å². The van der Waals surface area contributed by atoms with Gasteiger partial charge in [0.2, 0.25) is 0 Å². The Balaban J connectivity index is 3.34. The largest absolute Gasteiger partial charge is 0.310 e. The lowest BCUT2D eigenvalue weighted by Gasteiger charge is -1.99. The third kappa shape index (κ3) is 1.07. The fourth-order valence-corrected chi connectivity index (χ4v) is 0.988. The molecule has 0 atom stereocenters. The van der Waals surface area contributed by atoms with Crippen LogP contribution in [0.2, 0.25) is 0 Å². The molecular weight excluding hydrogens is 194 g/mol. The van der Waals surface area contributed by atoms with Gasteiger partial charge in [0.25, 0.3) is 0 Å². The van der Waals surface area contributed by atoms with E-state index in [9.17, 15) is 0 Å². The molecule has 0 aromatic carbocycles. The van der Waals surface area contributed by atoms with Crippen LogP contribution >= 0.6 is 15.9 Å². The Hall–Kier alpha value is -0.770. The van der Waals surface area contributed by atoms with E-state index in [1.807, 2.05) is 19.1 Å². The lowest BCUT2D eigenvalue weighted by Crippen LogP contribution is -2.49. The summed E-state index contributed by atoms with van der Waals surface area (Å²) in [5.74, 6) is 6.09. The van der Waals surface area contributed by atoms with Crippen molar-refractivity contribution in [2.45, 2.75) is 6.92 Å². The Morgan fingerprint density at radius 2 is 2.10 bits per heavy atom. The number of aromatic nitrogens is 1. The highest BCUT2D eigenvalue weighted by Gasteiger charge is 2.07. The van der Waals surface area contributed by atoms with Gasteiger partial charge in [-0.15, -0.1) is 4.68 Å². The summed E-state index contributed by atoms with van der Waals surface area (Å²) in [6.45, 7) is 1.89. The molecule has 54 valence electrons. The van der Waals surface area contributed by atoms with Gasteiger partial charge in [-0.25, -0.2) is 0 Å². The van der Waals surface area contributed by atoms with Gasteiger partial charge < -0.3 is 0 Å². The molecule has 0 saturated carbocycles. The molecule has 3 nitrogen and oxygen atoms in total. The predicted octanol–water partition coefficient (Wildman–Crippen LogP) is 0.341. The van der Waals surface area contributed by atoms with Crippen LogP contribution in [0.1, 0.15) is 5.69 Å². The minimum Gasteiger partial charge on any atom is -0.284 e. The quantitative estimate of drug-likeness (QED) is 0.472. The maximum absolute atomic E-state index is 5.57. The molecule has 0 spiro atoms. The Bertz CT molecular complexity index is 232. The summed E-state index contributed by atoms with van der Waals surface area (Å²) in [6, 6.07) is 3.76. The first-order valence-corrected chi connectivity index (χ1v) is 3.64. The number of rotatable bonds is 0. The molecule has 1 rings (SSSR count). The van der Waals surface area contributed by atoms with Crippen LogP contribution in [0.5, 0.6) is 0 Å². The Morgan fingerprint density at radius 3 is 2.60 bits per heavy atom. The molecule has 0 aliphatic carbocycles. The zero-order valence-electron chi connectivity index (χ0n) is 5.63. The third-order valence-electron chi connectivity index (χ3n) is 1.36. The monoisotopic (exact) mass is 202 g/mol. The number of nitrogens with two attached hydrogens (primary N) is 2. The van der Waals surface area contributed by atoms with Crippen LogP contribution in [0.4, 0.5) is 5.82 Å². The fraction of sp³-hybridized carbons (Fsp3) is 0.167. The summed E-state index contributed by atoms with van der Waals surface area (Å²) in [5, 5.41) is 0. The molecule has 0 unspecified atom stereocenters. The number of aryl methyl sites for hydroxylation is 1. The van der Waals surface area contributed by atoms with E-state index in [1.165, 1.54) is 4.68 Å². The first kappa shape index (κ1) is 7.34. The smallest absolute Gasteiger partial charge is 0.284 e. The van der Waals surface area contributed by atoms with Crippen molar-refractivity contribution in [1.29, 1.82) is 0 Å². The van der Waals surface area contributed by atoms with Gasteiger partial charge in [0.15, 0.2) is 0 Å². The van der Waals surface area contributed by atoms with Gasteiger partial charge in [-0.05, 0) is 28.1 Å². The van der Waals surface area contributed by atoms with Crippen LogP contribution in [0.3, 0.4) is 0 Å². The Morgan fingerprint density at radius 1 is 1.50 bits per heavy atom. The van der Waals surface area contributed by atoms with Crippen LogP contribution in [0.15, 0.2) is 16.6 Å². The maximum atomic E-state index is 5.57. The highest BCUT2D eigenvalue weighted by atomic mass is 79.9. The number of nitrogen functional groups attached to an aromatic ring is 2. The van der Waals surface area contributed by atoms with Gasteiger partial charge in [-0.1, -0.05) is 0 Å². The van der Waals surface area contributed by atoms with Crippen LogP contribution in [-0.2, 0) is 0 Å². The van der Waals surface area contributed by atoms with Gasteiger partial charge in [0.1, 0.15) is 10.2 Å². The minimum absolute atomic E-state index is 0.542. The predicted molar refractivity (Wildman–Crippen MR) is 43.6 cm³/mol. The highest BCUT2D eigenvalue weighted by Crippen LogP contribution is 2.13. The molecule has 4 N–H and O–H groups in total. The van der Waals surface area contributed by atoms with Crippen LogP contribution in [0, 0.1) is 6.92 Å². The lowest BCUT2D eigenvalue weighted by atomic mass is 10.4. The summed E-state index contributed by atoms with van der Waals surface area (Å²) in [6.07, 6.45) is 0. The van der Waals surface area contributed by atoms with E-state index in [0.717, 1.165) is 10.2 Å². The molecule has 0 aliphatic rings. The average molecular weight is 203 g/mol. The molecular formula is C6H9BrN3+. The number of anilines is 1. The highest BCUT2D eigenvalue weighted by molar-refractivity contribution is 9.10. The molecule has 0 saturated heterocycles. The number of pyridine rings is 1. The lowest BCUT2D eigenvalue weighted by molar-refractivity contribution is -0.630. The van der Waals surface area contributed by atoms with Crippen molar-refractivity contribution in [3.8, 4) is 0 Å². The average Bonchev–Trinajstić information content (AvgIpc) is 1.93. The molecule has 0 radical (unpaired) electrons. The van der Waals surface area contributed by atoms with E-state index in [-0.39, 0.29) is 0 Å². The number of hydrogen-bond donors (Lipinski definition) is 2. The van der Waals surface area contributed by atoms with Crippen LogP contribution in [0.25, 0.3) is 0 Å². The van der Waals surface area contributed by atoms with E-state index in [2.05, 4.69) is 15.9 Å². The Kier molecular flexibility index (Phi) is 1.80. The van der Waals surface area contributed by atoms with Gasteiger partial charge in [0, 0.05) is 6.92 Å². The molecule has 1 aromatic rings. The van der Waals surface area contributed by atoms with Crippen molar-refractivity contribution in [3.05, 3.63) is 22.3 Å². The SMILES string of the molecule is Cc1ccc(Br)c(N)[n+]1N. The normalized spacial score (nSPS) is 9.80. The summed E-state index contributed by atoms with van der Waals surface area (Å²) >= 11 is 3.25. The van der Waals surface area contributed by atoms with Gasteiger partial charge in [-0.2, -0.15) is 0 Å². The number of nitrogens with zero attached hydrogens (tertiary/aromatic N) is 1. The Labute approximate surface area is 67.7 Å². The second-order valence-corrected chi connectivity index (χ2v) is 2.93. The zero-order valence-corrected chi connectivity index (χ0v) is 7.22. The number of halogens is 1. The van der Waals surface area contributed by atoms with Crippen molar-refractivity contribution in [2.75, 3.05) is 11.6 Å². The minimum atomic E-state index is 0.542. The van der Waals surface area contributed by atoms with Gasteiger partial charge in [-0.3, -0.25) is 11.6 Å². The molecule has 1 aromatic heterocycles. The summed E-state index contributed by atoms with van der Waals surface area (Å²) in [5.41, 5.74) is 6.50. The van der Waals surface area contributed by atoms with E-state index in [4.69, 9.17) is 11.6 Å². The summed E-state index contributed by atoms with van der Waals surface area (Å²) < 4.78 is 2.25. The van der Waals surface area contributed by atoms with Crippen molar-refractivity contribution < 1.29 is 4.68 Å². The second-order valence-electron chi connectivity index (χ2n) is 2.08. The molecule has 10 heavy (non-hydrogen) atoms. The van der Waals surface area contributed by atoms with E-state index in [1.54, 1.807) is 0 Å². The van der Waals surface area contributed by atoms with Crippen molar-refractivity contribution in [2.24, 2.45) is 0 Å². The van der Waals surface area contributed by atoms with Gasteiger partial charge in [0.05, 0.1) is 0 Å². The molecule has 0 fully saturated rings. The van der Waals surface area contributed by atoms with Gasteiger partial charge >= 0.3 is 5.82 Å².